The van der Waals surface area contributed by atoms with E-state index in [4.69, 9.17) is 19.9 Å². The molecule has 0 unspecified atom stereocenters. The number of nitrogen functional groups attached to an aromatic ring is 1. The highest BCUT2D eigenvalue weighted by Crippen LogP contribution is 2.43. The fourth-order valence-electron chi connectivity index (χ4n) is 3.75. The number of nitrogens with zero attached hydrogens (tertiary/aromatic N) is 2. The molecule has 5 rings (SSSR count). The number of carbonyl (C=O) groups excluding carboxylic acids is 1. The van der Waals surface area contributed by atoms with Crippen LogP contribution in [0.2, 0.25) is 0 Å². The molecule has 1 aromatic carbocycles. The number of thiophene rings is 1. The summed E-state index contributed by atoms with van der Waals surface area (Å²) in [7, 11) is 2.08. The van der Waals surface area contributed by atoms with E-state index in [2.05, 4.69) is 11.9 Å². The van der Waals surface area contributed by atoms with E-state index in [1.165, 1.54) is 11.3 Å². The first-order chi connectivity index (χ1) is 14.1. The molecule has 0 radical (unpaired) electrons. The Morgan fingerprint density at radius 1 is 1.24 bits per heavy atom. The molecule has 29 heavy (non-hydrogen) atoms. The van der Waals surface area contributed by atoms with Gasteiger partial charge in [0.15, 0.2) is 0 Å². The molecular weight excluding hydrogens is 386 g/mol. The van der Waals surface area contributed by atoms with Crippen molar-refractivity contribution in [3.05, 3.63) is 64.9 Å². The Bertz CT molecular complexity index is 1200. The van der Waals surface area contributed by atoms with Gasteiger partial charge in [0.25, 0.3) is 0 Å². The molecule has 146 valence electrons. The maximum atomic E-state index is 12.8. The Morgan fingerprint density at radius 3 is 2.83 bits per heavy atom. The molecule has 0 spiro atoms. The number of aromatic nitrogens is 1. The van der Waals surface area contributed by atoms with Gasteiger partial charge in [-0.1, -0.05) is 18.2 Å². The first-order valence-corrected chi connectivity index (χ1v) is 10.2. The topological polar surface area (TPSA) is 81.6 Å². The highest BCUT2D eigenvalue weighted by molar-refractivity contribution is 7.21. The minimum absolute atomic E-state index is 0.361. The number of esters is 1. The van der Waals surface area contributed by atoms with Crippen LogP contribution in [0, 0.1) is 0 Å². The number of fused-ring (bicyclic) bond motifs is 2. The van der Waals surface area contributed by atoms with Crippen molar-refractivity contribution < 1.29 is 13.9 Å². The predicted octanol–water partition coefficient (Wildman–Crippen LogP) is 4.35. The monoisotopic (exact) mass is 405 g/mol. The maximum absolute atomic E-state index is 12.8. The summed E-state index contributed by atoms with van der Waals surface area (Å²) in [4.78, 5) is 21.0. The van der Waals surface area contributed by atoms with Gasteiger partial charge in [0.05, 0.1) is 12.0 Å². The number of hydrogen-bond donors (Lipinski definition) is 1. The molecule has 0 saturated carbocycles. The maximum Gasteiger partial charge on any atom is 0.355 e. The van der Waals surface area contributed by atoms with Crippen LogP contribution in [0.4, 0.5) is 5.69 Å². The zero-order valence-corrected chi connectivity index (χ0v) is 16.7. The first kappa shape index (κ1) is 17.9. The normalized spacial score (nSPS) is 14.1. The number of anilines is 1. The fraction of sp³-hybridized carbons (Fsp3) is 0.182. The van der Waals surface area contributed by atoms with Crippen molar-refractivity contribution in [2.24, 2.45) is 0 Å². The summed E-state index contributed by atoms with van der Waals surface area (Å²) in [5.74, 6) is 0.739. The van der Waals surface area contributed by atoms with Crippen LogP contribution in [0.15, 0.2) is 53.1 Å². The lowest BCUT2D eigenvalue weighted by Crippen LogP contribution is -2.27. The summed E-state index contributed by atoms with van der Waals surface area (Å²) in [5, 5.41) is 0.763. The van der Waals surface area contributed by atoms with Gasteiger partial charge in [0.1, 0.15) is 21.2 Å². The third-order valence-corrected chi connectivity index (χ3v) is 6.21. The number of carbonyl (C=O) groups is 1. The SMILES string of the molecule is CN1CCc2nc3sc(C(=O)Oc4ccccc4)c(N)c3c(-c3ccco3)c2C1. The number of furan rings is 1. The van der Waals surface area contributed by atoms with Crippen molar-refractivity contribution in [3.63, 3.8) is 0 Å². The Morgan fingerprint density at radius 2 is 2.07 bits per heavy atom. The lowest BCUT2D eigenvalue weighted by Gasteiger charge is -2.26. The number of likely N-dealkylation sites (N-methyl/N-ethyl adjacent to an activating group) is 1. The minimum Gasteiger partial charge on any atom is -0.464 e. The molecule has 6 nitrogen and oxygen atoms in total. The second-order valence-electron chi connectivity index (χ2n) is 7.10. The third-order valence-electron chi connectivity index (χ3n) is 5.13. The minimum atomic E-state index is -0.475. The highest BCUT2D eigenvalue weighted by atomic mass is 32.1. The number of hydrogen-bond acceptors (Lipinski definition) is 7. The average Bonchev–Trinajstić information content (AvgIpc) is 3.36. The van der Waals surface area contributed by atoms with Crippen molar-refractivity contribution in [1.29, 1.82) is 0 Å². The zero-order valence-electron chi connectivity index (χ0n) is 15.8. The lowest BCUT2D eigenvalue weighted by atomic mass is 9.95. The standard InChI is InChI=1S/C22H19N3O3S/c1-25-10-9-15-14(12-25)17(16-8-5-11-27-16)18-19(23)20(29-21(18)24-15)22(26)28-13-6-3-2-4-7-13/h2-8,11H,9-10,12,23H2,1H3. The van der Waals surface area contributed by atoms with Gasteiger partial charge in [-0.25, -0.2) is 9.78 Å². The summed E-state index contributed by atoms with van der Waals surface area (Å²) in [6, 6.07) is 12.8. The van der Waals surface area contributed by atoms with Gasteiger partial charge >= 0.3 is 5.97 Å². The zero-order chi connectivity index (χ0) is 20.0. The van der Waals surface area contributed by atoms with Crippen molar-refractivity contribution in [2.75, 3.05) is 19.3 Å². The summed E-state index contributed by atoms with van der Waals surface area (Å²) >= 11 is 1.27. The molecule has 0 atom stereocenters. The van der Waals surface area contributed by atoms with Gasteiger partial charge in [-0.3, -0.25) is 0 Å². The van der Waals surface area contributed by atoms with Crippen LogP contribution in [0.3, 0.4) is 0 Å². The third kappa shape index (κ3) is 3.08. The number of pyridine rings is 1. The van der Waals surface area contributed by atoms with Crippen LogP contribution in [0.1, 0.15) is 20.9 Å². The molecule has 1 aliphatic rings. The molecule has 7 heteroatoms. The summed E-state index contributed by atoms with van der Waals surface area (Å²) in [5.41, 5.74) is 9.94. The van der Waals surface area contributed by atoms with Gasteiger partial charge < -0.3 is 19.8 Å². The molecule has 0 saturated heterocycles. The van der Waals surface area contributed by atoms with Crippen LogP contribution in [-0.4, -0.2) is 29.4 Å². The van der Waals surface area contributed by atoms with Crippen LogP contribution < -0.4 is 10.5 Å². The van der Waals surface area contributed by atoms with E-state index in [0.29, 0.717) is 16.3 Å². The van der Waals surface area contributed by atoms with E-state index in [0.717, 1.165) is 52.3 Å². The molecule has 1 aliphatic heterocycles. The quantitative estimate of drug-likeness (QED) is 0.403. The van der Waals surface area contributed by atoms with E-state index in [1.54, 1.807) is 18.4 Å². The summed E-state index contributed by atoms with van der Waals surface area (Å²) in [6.07, 6.45) is 2.49. The average molecular weight is 405 g/mol. The second-order valence-corrected chi connectivity index (χ2v) is 8.10. The molecule has 3 aromatic heterocycles. The molecule has 0 amide bonds. The van der Waals surface area contributed by atoms with Gasteiger partial charge in [-0.15, -0.1) is 11.3 Å². The second kappa shape index (κ2) is 7.02. The molecule has 0 fully saturated rings. The Hall–Kier alpha value is -3.16. The van der Waals surface area contributed by atoms with Crippen molar-refractivity contribution >= 4 is 33.2 Å². The van der Waals surface area contributed by atoms with Crippen molar-refractivity contribution in [3.8, 4) is 17.1 Å². The highest BCUT2D eigenvalue weighted by Gasteiger charge is 2.28. The van der Waals surface area contributed by atoms with E-state index in [-0.39, 0.29) is 0 Å². The van der Waals surface area contributed by atoms with Crippen LogP contribution in [0.25, 0.3) is 21.5 Å². The number of ether oxygens (including phenoxy) is 1. The fourth-order valence-corrected chi connectivity index (χ4v) is 4.75. The first-order valence-electron chi connectivity index (χ1n) is 9.35. The molecular formula is C22H19N3O3S. The Labute approximate surface area is 171 Å². The lowest BCUT2D eigenvalue weighted by molar-refractivity contribution is 0.0741. The van der Waals surface area contributed by atoms with Crippen LogP contribution in [-0.2, 0) is 13.0 Å². The Kier molecular flexibility index (Phi) is 4.34. The van der Waals surface area contributed by atoms with Crippen LogP contribution >= 0.6 is 11.3 Å². The Balaban J connectivity index is 1.69. The van der Waals surface area contributed by atoms with E-state index in [9.17, 15) is 4.79 Å². The largest absolute Gasteiger partial charge is 0.464 e. The number of para-hydroxylation sites is 1. The van der Waals surface area contributed by atoms with Crippen molar-refractivity contribution in [2.45, 2.75) is 13.0 Å². The van der Waals surface area contributed by atoms with Gasteiger partial charge in [-0.05, 0) is 36.9 Å². The molecule has 4 aromatic rings. The van der Waals surface area contributed by atoms with Gasteiger partial charge in [-0.2, -0.15) is 0 Å². The summed E-state index contributed by atoms with van der Waals surface area (Å²) in [6.45, 7) is 1.69. The predicted molar refractivity (Wildman–Crippen MR) is 113 cm³/mol. The smallest absolute Gasteiger partial charge is 0.355 e. The van der Waals surface area contributed by atoms with Gasteiger partial charge in [0, 0.05) is 36.2 Å². The van der Waals surface area contributed by atoms with E-state index in [1.807, 2.05) is 30.3 Å². The number of rotatable bonds is 3. The number of nitrogens with two attached hydrogens (primary N) is 1. The molecule has 4 heterocycles. The van der Waals surface area contributed by atoms with Gasteiger partial charge in [0.2, 0.25) is 0 Å². The molecule has 2 N–H and O–H groups in total. The van der Waals surface area contributed by atoms with Crippen molar-refractivity contribution in [1.82, 2.24) is 9.88 Å². The number of benzene rings is 1. The van der Waals surface area contributed by atoms with E-state index < -0.39 is 5.97 Å². The molecule has 0 aliphatic carbocycles. The summed E-state index contributed by atoms with van der Waals surface area (Å²) < 4.78 is 11.3. The molecule has 0 bridgehead atoms. The van der Waals surface area contributed by atoms with E-state index >= 15 is 0 Å². The van der Waals surface area contributed by atoms with Crippen LogP contribution in [0.5, 0.6) is 5.75 Å².